The van der Waals surface area contributed by atoms with Gasteiger partial charge in [0.05, 0.1) is 0 Å². The molecule has 2 bridgehead atoms. The number of hydrogen-bond acceptors (Lipinski definition) is 1. The molecule has 2 heteroatoms. The fourth-order valence-electron chi connectivity index (χ4n) is 3.33. The summed E-state index contributed by atoms with van der Waals surface area (Å²) in [5.74, 6) is 2.77. The molecule has 0 aromatic carbocycles. The number of rotatable bonds is 2. The summed E-state index contributed by atoms with van der Waals surface area (Å²) < 4.78 is 0. The largest absolute Gasteiger partial charge is 0.354 e. The lowest BCUT2D eigenvalue weighted by molar-refractivity contribution is -0.120. The number of carbonyl (C=O) groups is 1. The Bertz CT molecular complexity index is 214. The van der Waals surface area contributed by atoms with Crippen LogP contribution in [0.5, 0.6) is 0 Å². The second-order valence-corrected chi connectivity index (χ2v) is 4.83. The van der Waals surface area contributed by atoms with E-state index in [-0.39, 0.29) is 5.91 Å². The van der Waals surface area contributed by atoms with Crippen LogP contribution in [0.1, 0.15) is 39.5 Å². The molecule has 0 unspecified atom stereocenters. The molecule has 4 atom stereocenters. The van der Waals surface area contributed by atoms with Gasteiger partial charge >= 0.3 is 0 Å². The highest BCUT2D eigenvalue weighted by Gasteiger charge is 2.41. The third-order valence-electron chi connectivity index (χ3n) is 3.87. The molecule has 0 saturated heterocycles. The normalized spacial score (nSPS) is 39.1. The molecule has 0 aliphatic heterocycles. The van der Waals surface area contributed by atoms with Crippen molar-refractivity contribution >= 4 is 5.91 Å². The van der Waals surface area contributed by atoms with Gasteiger partial charge in [-0.2, -0.15) is 0 Å². The fraction of sp³-hybridized carbons (Fsp3) is 0.909. The highest BCUT2D eigenvalue weighted by molar-refractivity contribution is 5.73. The van der Waals surface area contributed by atoms with Crippen LogP contribution in [0.15, 0.2) is 0 Å². The smallest absolute Gasteiger partial charge is 0.217 e. The lowest BCUT2D eigenvalue weighted by Crippen LogP contribution is -2.38. The quantitative estimate of drug-likeness (QED) is 0.693. The van der Waals surface area contributed by atoms with Gasteiger partial charge in [-0.15, -0.1) is 0 Å². The van der Waals surface area contributed by atoms with Crippen LogP contribution in [-0.2, 0) is 4.79 Å². The first-order valence-electron chi connectivity index (χ1n) is 5.44. The molecule has 2 saturated carbocycles. The molecule has 2 fully saturated rings. The Morgan fingerprint density at radius 2 is 2.15 bits per heavy atom. The highest BCUT2D eigenvalue weighted by Crippen LogP contribution is 2.49. The minimum absolute atomic E-state index is 0.121. The zero-order valence-electron chi connectivity index (χ0n) is 8.55. The summed E-state index contributed by atoms with van der Waals surface area (Å²) in [6.07, 6.45) is 5.62. The molecule has 2 aliphatic carbocycles. The zero-order valence-corrected chi connectivity index (χ0v) is 8.55. The van der Waals surface area contributed by atoms with Gasteiger partial charge < -0.3 is 5.32 Å². The van der Waals surface area contributed by atoms with Gasteiger partial charge in [0, 0.05) is 13.0 Å². The van der Waals surface area contributed by atoms with E-state index in [1.807, 2.05) is 0 Å². The molecule has 1 N–H and O–H groups in total. The topological polar surface area (TPSA) is 29.1 Å². The Labute approximate surface area is 80.1 Å². The summed E-state index contributed by atoms with van der Waals surface area (Å²) >= 11 is 0. The summed E-state index contributed by atoms with van der Waals surface area (Å²) in [7, 11) is 0. The van der Waals surface area contributed by atoms with Crippen molar-refractivity contribution in [1.29, 1.82) is 0 Å². The fourth-order valence-corrected chi connectivity index (χ4v) is 3.33. The number of hydrogen-bond donors (Lipinski definition) is 1. The van der Waals surface area contributed by atoms with Crippen molar-refractivity contribution in [2.45, 2.75) is 45.6 Å². The van der Waals surface area contributed by atoms with E-state index in [0.29, 0.717) is 6.04 Å². The molecule has 2 nitrogen and oxygen atoms in total. The molecule has 13 heavy (non-hydrogen) atoms. The number of carbonyl (C=O) groups excluding carboxylic acids is 1. The van der Waals surface area contributed by atoms with Crippen molar-refractivity contribution < 1.29 is 4.79 Å². The van der Waals surface area contributed by atoms with Gasteiger partial charge in [0.25, 0.3) is 0 Å². The van der Waals surface area contributed by atoms with Crippen molar-refractivity contribution in [1.82, 2.24) is 5.32 Å². The summed E-state index contributed by atoms with van der Waals surface area (Å²) in [4.78, 5) is 10.9. The van der Waals surface area contributed by atoms with Crippen LogP contribution in [0.2, 0.25) is 0 Å². The summed E-state index contributed by atoms with van der Waals surface area (Å²) in [6.45, 7) is 3.77. The van der Waals surface area contributed by atoms with Gasteiger partial charge in [-0.05, 0) is 43.9 Å². The van der Waals surface area contributed by atoms with E-state index in [0.717, 1.165) is 17.8 Å². The lowest BCUT2D eigenvalue weighted by Gasteiger charge is -2.28. The maximum absolute atomic E-state index is 10.9. The molecule has 0 radical (unpaired) electrons. The van der Waals surface area contributed by atoms with Crippen LogP contribution < -0.4 is 5.32 Å². The zero-order chi connectivity index (χ0) is 9.42. The van der Waals surface area contributed by atoms with Crippen LogP contribution >= 0.6 is 0 Å². The van der Waals surface area contributed by atoms with E-state index in [4.69, 9.17) is 0 Å². The van der Waals surface area contributed by atoms with E-state index in [2.05, 4.69) is 12.2 Å². The summed E-state index contributed by atoms with van der Waals surface area (Å²) in [5, 5.41) is 3.03. The van der Waals surface area contributed by atoms with Crippen LogP contribution in [0.4, 0.5) is 0 Å². The van der Waals surface area contributed by atoms with Crippen molar-refractivity contribution in [2.75, 3.05) is 0 Å². The van der Waals surface area contributed by atoms with Crippen LogP contribution in [0.3, 0.4) is 0 Å². The Morgan fingerprint density at radius 1 is 1.38 bits per heavy atom. The molecule has 1 amide bonds. The number of nitrogens with one attached hydrogen (secondary N) is 1. The van der Waals surface area contributed by atoms with Gasteiger partial charge in [0.2, 0.25) is 5.91 Å². The third kappa shape index (κ3) is 1.72. The average Bonchev–Trinajstić information content (AvgIpc) is 2.62. The lowest BCUT2D eigenvalue weighted by atomic mass is 9.84. The van der Waals surface area contributed by atoms with Gasteiger partial charge in [-0.3, -0.25) is 4.79 Å². The second kappa shape index (κ2) is 3.32. The van der Waals surface area contributed by atoms with Gasteiger partial charge in [0.15, 0.2) is 0 Å². The van der Waals surface area contributed by atoms with E-state index < -0.39 is 0 Å². The standard InChI is InChI=1S/C11H19NO/c1-7(12-8(2)13)11-6-9-3-4-10(11)5-9/h7,9-11H,3-6H2,1-2H3,(H,12,13)/t7-,9+,10+,11+/m0/s1. The second-order valence-electron chi connectivity index (χ2n) is 4.83. The maximum atomic E-state index is 10.9. The molecule has 0 aromatic rings. The SMILES string of the molecule is CC(=O)N[C@@H](C)[C@H]1C[C@@H]2CC[C@@H]1C2. The predicted octanol–water partition coefficient (Wildman–Crippen LogP) is 1.95. The Hall–Kier alpha value is -0.530. The number of fused-ring (bicyclic) bond motifs is 2. The minimum Gasteiger partial charge on any atom is -0.354 e. The Morgan fingerprint density at radius 3 is 2.62 bits per heavy atom. The molecule has 2 aliphatic rings. The van der Waals surface area contributed by atoms with Crippen molar-refractivity contribution in [2.24, 2.45) is 17.8 Å². The van der Waals surface area contributed by atoms with Crippen molar-refractivity contribution in [3.8, 4) is 0 Å². The first-order valence-corrected chi connectivity index (χ1v) is 5.44. The Balaban J connectivity index is 1.91. The van der Waals surface area contributed by atoms with E-state index >= 15 is 0 Å². The molecular weight excluding hydrogens is 162 g/mol. The number of amides is 1. The van der Waals surface area contributed by atoms with Gasteiger partial charge in [0.1, 0.15) is 0 Å². The van der Waals surface area contributed by atoms with Crippen molar-refractivity contribution in [3.05, 3.63) is 0 Å². The summed E-state index contributed by atoms with van der Waals surface area (Å²) in [6, 6.07) is 0.396. The predicted molar refractivity (Wildman–Crippen MR) is 52.2 cm³/mol. The molecular formula is C11H19NO. The summed E-state index contributed by atoms with van der Waals surface area (Å²) in [5.41, 5.74) is 0. The first kappa shape index (κ1) is 9.04. The van der Waals surface area contributed by atoms with Crippen LogP contribution in [0.25, 0.3) is 0 Å². The molecule has 0 heterocycles. The van der Waals surface area contributed by atoms with Crippen LogP contribution in [-0.4, -0.2) is 11.9 Å². The van der Waals surface area contributed by atoms with Gasteiger partial charge in [-0.25, -0.2) is 0 Å². The average molecular weight is 181 g/mol. The monoisotopic (exact) mass is 181 g/mol. The molecule has 0 spiro atoms. The van der Waals surface area contributed by atoms with Crippen LogP contribution in [0, 0.1) is 17.8 Å². The molecule has 74 valence electrons. The van der Waals surface area contributed by atoms with Gasteiger partial charge in [-0.1, -0.05) is 6.42 Å². The molecule has 0 aromatic heterocycles. The highest BCUT2D eigenvalue weighted by atomic mass is 16.1. The third-order valence-corrected chi connectivity index (χ3v) is 3.87. The Kier molecular flexibility index (Phi) is 2.31. The van der Waals surface area contributed by atoms with E-state index in [1.54, 1.807) is 6.92 Å². The van der Waals surface area contributed by atoms with E-state index in [9.17, 15) is 4.79 Å². The van der Waals surface area contributed by atoms with Crippen molar-refractivity contribution in [3.63, 3.8) is 0 Å². The maximum Gasteiger partial charge on any atom is 0.217 e. The van der Waals surface area contributed by atoms with E-state index in [1.165, 1.54) is 25.7 Å². The minimum atomic E-state index is 0.121. The molecule has 2 rings (SSSR count). The first-order chi connectivity index (χ1) is 6.16.